The van der Waals surface area contributed by atoms with Crippen LogP contribution in [-0.4, -0.2) is 14.8 Å². The van der Waals surface area contributed by atoms with Crippen molar-refractivity contribution in [2.75, 3.05) is 0 Å². The minimum atomic E-state index is 0.666. The predicted molar refractivity (Wildman–Crippen MR) is 79.5 cm³/mol. The first-order valence-electron chi connectivity index (χ1n) is 5.65. The van der Waals surface area contributed by atoms with Crippen molar-refractivity contribution in [2.24, 2.45) is 0 Å². The molecule has 0 saturated carbocycles. The quantitative estimate of drug-likeness (QED) is 0.697. The number of nitrogens with zero attached hydrogens (tertiary/aromatic N) is 3. The third-order valence-electron chi connectivity index (χ3n) is 2.66. The SMILES string of the molecule is Clc1cc(Br)cc(-n2cc(-c3ccccn3)cn2)c1. The Hall–Kier alpha value is -1.65. The van der Waals surface area contributed by atoms with Crippen molar-refractivity contribution in [3.8, 4) is 16.9 Å². The van der Waals surface area contributed by atoms with Gasteiger partial charge in [-0.15, -0.1) is 0 Å². The second kappa shape index (κ2) is 5.15. The summed E-state index contributed by atoms with van der Waals surface area (Å²) in [5, 5.41) is 5.01. The summed E-state index contributed by atoms with van der Waals surface area (Å²) in [5.74, 6) is 0. The number of aromatic nitrogens is 3. The number of halogens is 2. The third kappa shape index (κ3) is 2.69. The van der Waals surface area contributed by atoms with E-state index < -0.39 is 0 Å². The molecule has 0 saturated heterocycles. The van der Waals surface area contributed by atoms with Crippen molar-refractivity contribution in [1.29, 1.82) is 0 Å². The van der Waals surface area contributed by atoms with Gasteiger partial charge in [0.2, 0.25) is 0 Å². The summed E-state index contributed by atoms with van der Waals surface area (Å²) in [6, 6.07) is 11.5. The van der Waals surface area contributed by atoms with Crippen molar-refractivity contribution in [1.82, 2.24) is 14.8 Å². The van der Waals surface area contributed by atoms with Gasteiger partial charge in [-0.1, -0.05) is 33.6 Å². The fraction of sp³-hybridized carbons (Fsp3) is 0. The van der Waals surface area contributed by atoms with Crippen LogP contribution in [0.15, 0.2) is 59.5 Å². The zero-order valence-electron chi connectivity index (χ0n) is 9.79. The van der Waals surface area contributed by atoms with Gasteiger partial charge < -0.3 is 0 Å². The number of benzene rings is 1. The van der Waals surface area contributed by atoms with Gasteiger partial charge in [0.05, 0.1) is 17.6 Å². The van der Waals surface area contributed by atoms with Gasteiger partial charge >= 0.3 is 0 Å². The highest BCUT2D eigenvalue weighted by Crippen LogP contribution is 2.23. The van der Waals surface area contributed by atoms with Gasteiger partial charge in [0, 0.05) is 27.5 Å². The lowest BCUT2D eigenvalue weighted by Crippen LogP contribution is -1.93. The Morgan fingerprint density at radius 2 is 2.05 bits per heavy atom. The molecule has 3 rings (SSSR count). The van der Waals surface area contributed by atoms with Gasteiger partial charge in [-0.05, 0) is 30.3 Å². The van der Waals surface area contributed by atoms with E-state index in [-0.39, 0.29) is 0 Å². The number of pyridine rings is 1. The van der Waals surface area contributed by atoms with Crippen molar-refractivity contribution in [3.63, 3.8) is 0 Å². The van der Waals surface area contributed by atoms with Gasteiger partial charge in [-0.25, -0.2) is 4.68 Å². The van der Waals surface area contributed by atoms with Gasteiger partial charge in [0.25, 0.3) is 0 Å². The smallest absolute Gasteiger partial charge is 0.0733 e. The zero-order valence-corrected chi connectivity index (χ0v) is 12.1. The number of rotatable bonds is 2. The summed E-state index contributed by atoms with van der Waals surface area (Å²) < 4.78 is 2.70. The highest BCUT2D eigenvalue weighted by molar-refractivity contribution is 9.10. The normalized spacial score (nSPS) is 10.6. The first-order chi connectivity index (χ1) is 9.22. The van der Waals surface area contributed by atoms with Crippen LogP contribution >= 0.6 is 27.5 Å². The number of hydrogen-bond acceptors (Lipinski definition) is 2. The van der Waals surface area contributed by atoms with Crippen LogP contribution in [0.2, 0.25) is 5.02 Å². The second-order valence-corrected chi connectivity index (χ2v) is 5.37. The molecule has 0 aliphatic rings. The summed E-state index contributed by atoms with van der Waals surface area (Å²) in [4.78, 5) is 4.30. The minimum absolute atomic E-state index is 0.666. The Morgan fingerprint density at radius 1 is 1.16 bits per heavy atom. The van der Waals surface area contributed by atoms with Gasteiger partial charge in [-0.3, -0.25) is 4.98 Å². The van der Waals surface area contributed by atoms with Crippen LogP contribution < -0.4 is 0 Å². The molecule has 0 atom stereocenters. The molecule has 0 bridgehead atoms. The maximum Gasteiger partial charge on any atom is 0.0733 e. The Bertz CT molecular complexity index is 689. The molecule has 0 amide bonds. The monoisotopic (exact) mass is 333 g/mol. The van der Waals surface area contributed by atoms with Crippen LogP contribution in [0.4, 0.5) is 0 Å². The molecule has 0 fully saturated rings. The fourth-order valence-electron chi connectivity index (χ4n) is 1.80. The van der Waals surface area contributed by atoms with Crippen LogP contribution in [0, 0.1) is 0 Å². The van der Waals surface area contributed by atoms with Gasteiger partial charge in [-0.2, -0.15) is 5.10 Å². The average Bonchev–Trinajstić information content (AvgIpc) is 2.88. The molecule has 19 heavy (non-hydrogen) atoms. The Kier molecular flexibility index (Phi) is 3.36. The first-order valence-corrected chi connectivity index (χ1v) is 6.82. The molecule has 0 aliphatic carbocycles. The van der Waals surface area contributed by atoms with E-state index in [0.29, 0.717) is 5.02 Å². The maximum absolute atomic E-state index is 6.04. The molecule has 94 valence electrons. The minimum Gasteiger partial charge on any atom is -0.256 e. The summed E-state index contributed by atoms with van der Waals surface area (Å²) in [7, 11) is 0. The highest BCUT2D eigenvalue weighted by Gasteiger charge is 2.05. The standard InChI is InChI=1S/C14H9BrClN3/c15-11-5-12(16)7-13(6-11)19-9-10(8-18-19)14-3-1-2-4-17-14/h1-9H. The summed E-state index contributed by atoms with van der Waals surface area (Å²) >= 11 is 9.46. The van der Waals surface area contributed by atoms with E-state index in [9.17, 15) is 0 Å². The van der Waals surface area contributed by atoms with Crippen molar-refractivity contribution >= 4 is 27.5 Å². The predicted octanol–water partition coefficient (Wildman–Crippen LogP) is 4.35. The topological polar surface area (TPSA) is 30.7 Å². The van der Waals surface area contributed by atoms with Crippen LogP contribution in [-0.2, 0) is 0 Å². The summed E-state index contributed by atoms with van der Waals surface area (Å²) in [5.41, 5.74) is 2.77. The molecule has 3 aromatic rings. The molecule has 0 aliphatic heterocycles. The second-order valence-electron chi connectivity index (χ2n) is 4.02. The van der Waals surface area contributed by atoms with Crippen molar-refractivity contribution < 1.29 is 0 Å². The first kappa shape index (κ1) is 12.4. The van der Waals surface area contributed by atoms with E-state index in [0.717, 1.165) is 21.4 Å². The Labute approximate surface area is 124 Å². The molecule has 0 radical (unpaired) electrons. The summed E-state index contributed by atoms with van der Waals surface area (Å²) in [6.45, 7) is 0. The van der Waals surface area contributed by atoms with E-state index in [2.05, 4.69) is 26.0 Å². The van der Waals surface area contributed by atoms with Gasteiger partial charge in [0.1, 0.15) is 0 Å². The van der Waals surface area contributed by atoms with E-state index in [1.54, 1.807) is 17.1 Å². The molecule has 2 heterocycles. The van der Waals surface area contributed by atoms with Crippen LogP contribution in [0.25, 0.3) is 16.9 Å². The molecular formula is C14H9BrClN3. The van der Waals surface area contributed by atoms with Crippen LogP contribution in [0.5, 0.6) is 0 Å². The zero-order chi connectivity index (χ0) is 13.2. The molecular weight excluding hydrogens is 326 g/mol. The fourth-order valence-corrected chi connectivity index (χ4v) is 2.64. The molecule has 5 heteroatoms. The average molecular weight is 335 g/mol. The molecule has 0 spiro atoms. The van der Waals surface area contributed by atoms with Crippen molar-refractivity contribution in [3.05, 3.63) is 64.5 Å². The highest BCUT2D eigenvalue weighted by atomic mass is 79.9. The third-order valence-corrected chi connectivity index (χ3v) is 3.33. The Morgan fingerprint density at radius 3 is 2.79 bits per heavy atom. The lowest BCUT2D eigenvalue weighted by atomic mass is 10.2. The molecule has 2 aromatic heterocycles. The molecule has 0 unspecified atom stereocenters. The Balaban J connectivity index is 2.02. The largest absolute Gasteiger partial charge is 0.256 e. The maximum atomic E-state index is 6.04. The lowest BCUT2D eigenvalue weighted by Gasteiger charge is -2.02. The molecule has 3 nitrogen and oxygen atoms in total. The van der Waals surface area contributed by atoms with E-state index >= 15 is 0 Å². The molecule has 1 aromatic carbocycles. The van der Waals surface area contributed by atoms with E-state index in [4.69, 9.17) is 11.6 Å². The van der Waals surface area contributed by atoms with Gasteiger partial charge in [0.15, 0.2) is 0 Å². The van der Waals surface area contributed by atoms with E-state index in [1.165, 1.54) is 0 Å². The summed E-state index contributed by atoms with van der Waals surface area (Å²) in [6.07, 6.45) is 5.49. The van der Waals surface area contributed by atoms with Crippen LogP contribution in [0.1, 0.15) is 0 Å². The van der Waals surface area contributed by atoms with Crippen LogP contribution in [0.3, 0.4) is 0 Å². The van der Waals surface area contributed by atoms with Crippen molar-refractivity contribution in [2.45, 2.75) is 0 Å². The number of hydrogen-bond donors (Lipinski definition) is 0. The lowest BCUT2D eigenvalue weighted by molar-refractivity contribution is 0.880. The van der Waals surface area contributed by atoms with E-state index in [1.807, 2.05) is 42.6 Å². The molecule has 0 N–H and O–H groups in total.